The third-order valence-electron chi connectivity index (χ3n) is 3.60. The van der Waals surface area contributed by atoms with E-state index in [9.17, 15) is 10.1 Å². The van der Waals surface area contributed by atoms with Crippen LogP contribution in [0.25, 0.3) is 0 Å². The van der Waals surface area contributed by atoms with E-state index in [1.165, 1.54) is 38.2 Å². The topological polar surface area (TPSA) is 68.1 Å². The van der Waals surface area contributed by atoms with Crippen LogP contribution in [0.3, 0.4) is 0 Å². The molecule has 1 heterocycles. The van der Waals surface area contributed by atoms with Crippen molar-refractivity contribution in [2.24, 2.45) is 5.92 Å². The minimum absolute atomic E-state index is 0.0259. The second-order valence-electron chi connectivity index (χ2n) is 5.00. The summed E-state index contributed by atoms with van der Waals surface area (Å²) in [5, 5.41) is 14.0. The number of hydrogen-bond acceptors (Lipinski definition) is 4. The van der Waals surface area contributed by atoms with Crippen molar-refractivity contribution in [3.63, 3.8) is 0 Å². The standard InChI is InChI=1S/C13H18BrN3O2/c14-11-8-12(17(18)19)13(16-9-11)15-7-6-10-4-2-1-3-5-10/h8-10H,1-7H2,(H,15,16). The van der Waals surface area contributed by atoms with Crippen LogP contribution < -0.4 is 5.32 Å². The van der Waals surface area contributed by atoms with Crippen LogP contribution in [0.5, 0.6) is 0 Å². The molecule has 104 valence electrons. The summed E-state index contributed by atoms with van der Waals surface area (Å²) in [5.41, 5.74) is 0.0259. The van der Waals surface area contributed by atoms with E-state index in [0.717, 1.165) is 18.9 Å². The molecule has 0 spiro atoms. The maximum absolute atomic E-state index is 10.9. The number of pyridine rings is 1. The lowest BCUT2D eigenvalue weighted by Crippen LogP contribution is -2.13. The van der Waals surface area contributed by atoms with Crippen LogP contribution in [0.1, 0.15) is 38.5 Å². The highest BCUT2D eigenvalue weighted by Gasteiger charge is 2.17. The van der Waals surface area contributed by atoms with E-state index in [1.807, 2.05) is 0 Å². The van der Waals surface area contributed by atoms with Gasteiger partial charge < -0.3 is 5.32 Å². The van der Waals surface area contributed by atoms with Gasteiger partial charge in [0, 0.05) is 23.3 Å². The van der Waals surface area contributed by atoms with Crippen molar-refractivity contribution in [1.82, 2.24) is 4.98 Å². The predicted molar refractivity (Wildman–Crippen MR) is 78.3 cm³/mol. The molecule has 1 aliphatic rings. The zero-order chi connectivity index (χ0) is 13.7. The largest absolute Gasteiger partial charge is 0.364 e. The monoisotopic (exact) mass is 327 g/mol. The van der Waals surface area contributed by atoms with Crippen molar-refractivity contribution >= 4 is 27.4 Å². The molecule has 0 bridgehead atoms. The first kappa shape index (κ1) is 14.2. The average Bonchev–Trinajstić information content (AvgIpc) is 2.41. The summed E-state index contributed by atoms with van der Waals surface area (Å²) in [6.45, 7) is 0.750. The van der Waals surface area contributed by atoms with E-state index in [-0.39, 0.29) is 5.69 Å². The van der Waals surface area contributed by atoms with Crippen LogP contribution in [0.4, 0.5) is 11.5 Å². The zero-order valence-electron chi connectivity index (χ0n) is 10.8. The first-order chi connectivity index (χ1) is 9.16. The van der Waals surface area contributed by atoms with Crippen LogP contribution in [-0.2, 0) is 0 Å². The lowest BCUT2D eigenvalue weighted by Gasteiger charge is -2.21. The normalized spacial score (nSPS) is 16.3. The van der Waals surface area contributed by atoms with Gasteiger partial charge in [-0.2, -0.15) is 0 Å². The third kappa shape index (κ3) is 4.16. The number of rotatable bonds is 5. The van der Waals surface area contributed by atoms with Crippen molar-refractivity contribution in [3.05, 3.63) is 26.9 Å². The molecular weight excluding hydrogens is 310 g/mol. The van der Waals surface area contributed by atoms with Gasteiger partial charge in [-0.05, 0) is 28.3 Å². The fourth-order valence-corrected chi connectivity index (χ4v) is 2.89. The molecule has 2 rings (SSSR count). The summed E-state index contributed by atoms with van der Waals surface area (Å²) < 4.78 is 0.622. The fraction of sp³-hybridized carbons (Fsp3) is 0.615. The Morgan fingerprint density at radius 3 is 2.84 bits per heavy atom. The van der Waals surface area contributed by atoms with Gasteiger partial charge in [0.1, 0.15) is 0 Å². The van der Waals surface area contributed by atoms with Crippen molar-refractivity contribution in [2.45, 2.75) is 38.5 Å². The molecule has 0 unspecified atom stereocenters. The molecular formula is C13H18BrN3O2. The van der Waals surface area contributed by atoms with E-state index < -0.39 is 4.92 Å². The third-order valence-corrected chi connectivity index (χ3v) is 4.03. The van der Waals surface area contributed by atoms with Gasteiger partial charge in [0.05, 0.1) is 4.92 Å². The molecule has 1 fully saturated rings. The highest BCUT2D eigenvalue weighted by Crippen LogP contribution is 2.28. The minimum Gasteiger partial charge on any atom is -0.364 e. The summed E-state index contributed by atoms with van der Waals surface area (Å²) >= 11 is 3.20. The Morgan fingerprint density at radius 1 is 1.42 bits per heavy atom. The van der Waals surface area contributed by atoms with Crippen LogP contribution in [0, 0.1) is 16.0 Å². The molecule has 0 atom stereocenters. The highest BCUT2D eigenvalue weighted by atomic mass is 79.9. The lowest BCUT2D eigenvalue weighted by molar-refractivity contribution is -0.384. The predicted octanol–water partition coefficient (Wildman–Crippen LogP) is 4.13. The Bertz CT molecular complexity index is 448. The summed E-state index contributed by atoms with van der Waals surface area (Å²) in [6, 6.07) is 1.48. The van der Waals surface area contributed by atoms with Gasteiger partial charge in [0.15, 0.2) is 0 Å². The minimum atomic E-state index is -0.402. The molecule has 1 saturated carbocycles. The van der Waals surface area contributed by atoms with E-state index in [2.05, 4.69) is 26.2 Å². The molecule has 19 heavy (non-hydrogen) atoms. The SMILES string of the molecule is O=[N+]([O-])c1cc(Br)cnc1NCCC1CCCCC1. The maximum atomic E-state index is 10.9. The molecule has 0 aliphatic heterocycles. The van der Waals surface area contributed by atoms with E-state index >= 15 is 0 Å². The quantitative estimate of drug-likeness (QED) is 0.652. The van der Waals surface area contributed by atoms with Crippen LogP contribution in [0.2, 0.25) is 0 Å². The summed E-state index contributed by atoms with van der Waals surface area (Å²) in [6.07, 6.45) is 9.21. The van der Waals surface area contributed by atoms with Gasteiger partial charge >= 0.3 is 5.69 Å². The first-order valence-electron chi connectivity index (χ1n) is 6.70. The van der Waals surface area contributed by atoms with Crippen LogP contribution in [0.15, 0.2) is 16.7 Å². The Morgan fingerprint density at radius 2 is 2.16 bits per heavy atom. The van der Waals surface area contributed by atoms with E-state index in [4.69, 9.17) is 0 Å². The molecule has 0 saturated heterocycles. The van der Waals surface area contributed by atoms with Crippen molar-refractivity contribution in [3.8, 4) is 0 Å². The summed E-state index contributed by atoms with van der Waals surface area (Å²) in [5.74, 6) is 1.12. The van der Waals surface area contributed by atoms with Gasteiger partial charge in [0.25, 0.3) is 0 Å². The number of nitrogens with zero attached hydrogens (tertiary/aromatic N) is 2. The van der Waals surface area contributed by atoms with Crippen molar-refractivity contribution < 1.29 is 4.92 Å². The summed E-state index contributed by atoms with van der Waals surface area (Å²) in [7, 11) is 0. The molecule has 6 heteroatoms. The number of halogens is 1. The fourth-order valence-electron chi connectivity index (χ4n) is 2.57. The van der Waals surface area contributed by atoms with Gasteiger partial charge in [-0.1, -0.05) is 32.1 Å². The second kappa shape index (κ2) is 6.84. The number of hydrogen-bond donors (Lipinski definition) is 1. The molecule has 0 amide bonds. The number of nitrogens with one attached hydrogen (secondary N) is 1. The number of aromatic nitrogens is 1. The van der Waals surface area contributed by atoms with Crippen molar-refractivity contribution in [2.75, 3.05) is 11.9 Å². The van der Waals surface area contributed by atoms with Crippen LogP contribution >= 0.6 is 15.9 Å². The smallest absolute Gasteiger partial charge is 0.312 e. The molecule has 1 aromatic heterocycles. The molecule has 0 aromatic carbocycles. The molecule has 1 aromatic rings. The zero-order valence-corrected chi connectivity index (χ0v) is 12.4. The Balaban J connectivity index is 1.89. The number of anilines is 1. The van der Waals surface area contributed by atoms with E-state index in [0.29, 0.717) is 10.3 Å². The van der Waals surface area contributed by atoms with Gasteiger partial charge in [0.2, 0.25) is 5.82 Å². The second-order valence-corrected chi connectivity index (χ2v) is 5.91. The Kier molecular flexibility index (Phi) is 5.13. The molecule has 0 radical (unpaired) electrons. The van der Waals surface area contributed by atoms with E-state index in [1.54, 1.807) is 6.20 Å². The van der Waals surface area contributed by atoms with Gasteiger partial charge in [-0.3, -0.25) is 10.1 Å². The average molecular weight is 328 g/mol. The molecule has 1 aliphatic carbocycles. The summed E-state index contributed by atoms with van der Waals surface area (Å²) in [4.78, 5) is 14.6. The Labute approximate surface area is 121 Å². The molecule has 5 nitrogen and oxygen atoms in total. The first-order valence-corrected chi connectivity index (χ1v) is 7.50. The number of nitro groups is 1. The van der Waals surface area contributed by atoms with Crippen LogP contribution in [-0.4, -0.2) is 16.5 Å². The van der Waals surface area contributed by atoms with Crippen molar-refractivity contribution in [1.29, 1.82) is 0 Å². The molecule has 1 N–H and O–H groups in total. The van der Waals surface area contributed by atoms with Gasteiger partial charge in [-0.25, -0.2) is 4.98 Å². The maximum Gasteiger partial charge on any atom is 0.312 e. The van der Waals surface area contributed by atoms with Gasteiger partial charge in [-0.15, -0.1) is 0 Å². The Hall–Kier alpha value is -1.17. The highest BCUT2D eigenvalue weighted by molar-refractivity contribution is 9.10. The lowest BCUT2D eigenvalue weighted by atomic mass is 9.87.